The van der Waals surface area contributed by atoms with Gasteiger partial charge in [0.05, 0.1) is 0 Å². The Labute approximate surface area is 86.5 Å². The monoisotopic (exact) mass is 202 g/mol. The molecule has 0 aromatic rings. The van der Waals surface area contributed by atoms with Crippen LogP contribution in [0.25, 0.3) is 0 Å². The third kappa shape index (κ3) is 3.88. The van der Waals surface area contributed by atoms with Crippen LogP contribution in [0.3, 0.4) is 0 Å². The van der Waals surface area contributed by atoms with Crippen LogP contribution in [0, 0.1) is 5.92 Å². The van der Waals surface area contributed by atoms with Crippen molar-refractivity contribution in [3.63, 3.8) is 0 Å². The van der Waals surface area contributed by atoms with Gasteiger partial charge >= 0.3 is 0 Å². The van der Waals surface area contributed by atoms with Gasteiger partial charge in [0.1, 0.15) is 0 Å². The molecule has 0 spiro atoms. The highest BCUT2D eigenvalue weighted by molar-refractivity contribution is 7.98. The van der Waals surface area contributed by atoms with Gasteiger partial charge in [-0.3, -0.25) is 0 Å². The first-order chi connectivity index (χ1) is 6.24. The molecule has 2 unspecified atom stereocenters. The lowest BCUT2D eigenvalue weighted by Crippen LogP contribution is -2.39. The van der Waals surface area contributed by atoms with Gasteiger partial charge in [0.2, 0.25) is 0 Å². The Balaban J connectivity index is 2.15. The maximum Gasteiger partial charge on any atom is 0.0220 e. The maximum atomic E-state index is 3.57. The number of hydrogen-bond acceptors (Lipinski definition) is 3. The Morgan fingerprint density at radius 2 is 2.31 bits per heavy atom. The molecule has 0 bridgehead atoms. The van der Waals surface area contributed by atoms with Crippen molar-refractivity contribution >= 4 is 11.8 Å². The molecule has 1 heterocycles. The van der Waals surface area contributed by atoms with E-state index in [1.165, 1.54) is 31.8 Å². The zero-order valence-electron chi connectivity index (χ0n) is 9.05. The molecule has 78 valence electrons. The molecule has 1 N–H and O–H groups in total. The maximum absolute atomic E-state index is 3.57. The Bertz CT molecular complexity index is 141. The van der Waals surface area contributed by atoms with E-state index in [0.717, 1.165) is 12.0 Å². The average Bonchev–Trinajstić information content (AvgIpc) is 2.48. The molecule has 1 rings (SSSR count). The number of likely N-dealkylation sites (N-methyl/N-ethyl adjacent to an activating group) is 1. The summed E-state index contributed by atoms with van der Waals surface area (Å²) in [5.41, 5.74) is 0. The van der Waals surface area contributed by atoms with Crippen LogP contribution in [0.4, 0.5) is 0 Å². The van der Waals surface area contributed by atoms with Crippen LogP contribution in [0.2, 0.25) is 0 Å². The second-order valence-corrected chi connectivity index (χ2v) is 5.07. The average molecular weight is 202 g/mol. The lowest BCUT2D eigenvalue weighted by Gasteiger charge is -2.23. The molecule has 2 atom stereocenters. The molecule has 0 aromatic heterocycles. The number of nitrogens with zero attached hydrogens (tertiary/aromatic N) is 1. The van der Waals surface area contributed by atoms with Crippen LogP contribution in [-0.4, -0.2) is 49.6 Å². The van der Waals surface area contributed by atoms with Crippen molar-refractivity contribution in [1.29, 1.82) is 0 Å². The first kappa shape index (κ1) is 11.3. The summed E-state index contributed by atoms with van der Waals surface area (Å²) < 4.78 is 0. The van der Waals surface area contributed by atoms with Crippen molar-refractivity contribution in [3.8, 4) is 0 Å². The lowest BCUT2D eigenvalue weighted by molar-refractivity contribution is 0.291. The van der Waals surface area contributed by atoms with E-state index < -0.39 is 0 Å². The van der Waals surface area contributed by atoms with Gasteiger partial charge in [0.25, 0.3) is 0 Å². The van der Waals surface area contributed by atoms with Crippen molar-refractivity contribution in [2.75, 3.05) is 38.7 Å². The van der Waals surface area contributed by atoms with Crippen molar-refractivity contribution in [2.45, 2.75) is 19.4 Å². The van der Waals surface area contributed by atoms with E-state index in [0.29, 0.717) is 0 Å². The molecular weight excluding hydrogens is 180 g/mol. The number of thioether (sulfide) groups is 1. The summed E-state index contributed by atoms with van der Waals surface area (Å²) >= 11 is 1.93. The zero-order chi connectivity index (χ0) is 9.68. The molecule has 13 heavy (non-hydrogen) atoms. The summed E-state index contributed by atoms with van der Waals surface area (Å²) in [6.45, 7) is 5.99. The molecule has 0 saturated carbocycles. The van der Waals surface area contributed by atoms with Crippen molar-refractivity contribution in [1.82, 2.24) is 10.2 Å². The normalized spacial score (nSPS) is 28.6. The molecule has 1 saturated heterocycles. The SMILES string of the molecule is CSCCN(C)CC1NCCC1C. The predicted octanol–water partition coefficient (Wildman–Crippen LogP) is 1.28. The quantitative estimate of drug-likeness (QED) is 0.723. The molecule has 1 fully saturated rings. The van der Waals surface area contributed by atoms with Gasteiger partial charge in [-0.25, -0.2) is 0 Å². The molecule has 0 amide bonds. The highest BCUT2D eigenvalue weighted by Crippen LogP contribution is 2.14. The van der Waals surface area contributed by atoms with Crippen LogP contribution in [-0.2, 0) is 0 Å². The van der Waals surface area contributed by atoms with Crippen molar-refractivity contribution in [3.05, 3.63) is 0 Å². The molecular formula is C10H22N2S. The fourth-order valence-corrected chi connectivity index (χ4v) is 2.31. The Morgan fingerprint density at radius 1 is 1.54 bits per heavy atom. The molecule has 0 radical (unpaired) electrons. The van der Waals surface area contributed by atoms with Gasteiger partial charge in [-0.1, -0.05) is 6.92 Å². The van der Waals surface area contributed by atoms with Crippen LogP contribution in [0.1, 0.15) is 13.3 Å². The van der Waals surface area contributed by atoms with Crippen LogP contribution in [0.15, 0.2) is 0 Å². The van der Waals surface area contributed by atoms with Gasteiger partial charge in [-0.15, -0.1) is 0 Å². The smallest absolute Gasteiger partial charge is 0.0220 e. The van der Waals surface area contributed by atoms with E-state index in [1.54, 1.807) is 0 Å². The van der Waals surface area contributed by atoms with E-state index in [9.17, 15) is 0 Å². The van der Waals surface area contributed by atoms with Gasteiger partial charge in [-0.2, -0.15) is 11.8 Å². The molecule has 2 nitrogen and oxygen atoms in total. The van der Waals surface area contributed by atoms with Crippen LogP contribution < -0.4 is 5.32 Å². The largest absolute Gasteiger partial charge is 0.312 e. The second kappa shape index (κ2) is 5.89. The molecule has 0 aromatic carbocycles. The molecule has 0 aliphatic carbocycles. The van der Waals surface area contributed by atoms with E-state index in [1.807, 2.05) is 11.8 Å². The molecule has 1 aliphatic rings. The van der Waals surface area contributed by atoms with E-state index in [2.05, 4.69) is 30.4 Å². The van der Waals surface area contributed by atoms with Gasteiger partial charge < -0.3 is 10.2 Å². The summed E-state index contributed by atoms with van der Waals surface area (Å²) in [5.74, 6) is 2.11. The van der Waals surface area contributed by atoms with Crippen molar-refractivity contribution < 1.29 is 0 Å². The topological polar surface area (TPSA) is 15.3 Å². The van der Waals surface area contributed by atoms with E-state index in [-0.39, 0.29) is 0 Å². The number of hydrogen-bond donors (Lipinski definition) is 1. The lowest BCUT2D eigenvalue weighted by atomic mass is 10.0. The first-order valence-corrected chi connectivity index (χ1v) is 6.54. The fourth-order valence-electron chi connectivity index (χ4n) is 1.82. The highest BCUT2D eigenvalue weighted by Gasteiger charge is 2.23. The van der Waals surface area contributed by atoms with E-state index in [4.69, 9.17) is 0 Å². The van der Waals surface area contributed by atoms with Crippen LogP contribution >= 0.6 is 11.8 Å². The summed E-state index contributed by atoms with van der Waals surface area (Å²) in [4.78, 5) is 2.44. The zero-order valence-corrected chi connectivity index (χ0v) is 9.86. The third-order valence-corrected chi connectivity index (χ3v) is 3.47. The minimum atomic E-state index is 0.729. The summed E-state index contributed by atoms with van der Waals surface area (Å²) in [6, 6.07) is 0.729. The minimum absolute atomic E-state index is 0.729. The highest BCUT2D eigenvalue weighted by atomic mass is 32.2. The van der Waals surface area contributed by atoms with Gasteiger partial charge in [-0.05, 0) is 32.2 Å². The van der Waals surface area contributed by atoms with Crippen LogP contribution in [0.5, 0.6) is 0 Å². The number of rotatable bonds is 5. The van der Waals surface area contributed by atoms with Crippen molar-refractivity contribution in [2.24, 2.45) is 5.92 Å². The van der Waals surface area contributed by atoms with E-state index >= 15 is 0 Å². The summed E-state index contributed by atoms with van der Waals surface area (Å²) in [6.07, 6.45) is 3.52. The third-order valence-electron chi connectivity index (χ3n) is 2.88. The number of nitrogens with one attached hydrogen (secondary N) is 1. The predicted molar refractivity (Wildman–Crippen MR) is 61.5 cm³/mol. The Morgan fingerprint density at radius 3 is 2.85 bits per heavy atom. The van der Waals surface area contributed by atoms with Gasteiger partial charge in [0.15, 0.2) is 0 Å². The molecule has 1 aliphatic heterocycles. The Kier molecular flexibility index (Phi) is 5.14. The standard InChI is InChI=1S/C10H22N2S/c1-9-4-5-11-10(9)8-12(2)6-7-13-3/h9-11H,4-8H2,1-3H3. The fraction of sp³-hybridized carbons (Fsp3) is 1.00. The second-order valence-electron chi connectivity index (χ2n) is 4.08. The Hall–Kier alpha value is 0.270. The summed E-state index contributed by atoms with van der Waals surface area (Å²) in [7, 11) is 2.23. The minimum Gasteiger partial charge on any atom is -0.312 e. The van der Waals surface area contributed by atoms with Gasteiger partial charge in [0, 0.05) is 24.9 Å². The summed E-state index contributed by atoms with van der Waals surface area (Å²) in [5, 5.41) is 3.57. The molecule has 3 heteroatoms. The first-order valence-electron chi connectivity index (χ1n) is 5.15.